The quantitative estimate of drug-likeness (QED) is 0.498. The minimum atomic E-state index is -5.66. The second kappa shape index (κ2) is 5.24. The number of hydrogen-bond donors (Lipinski definition) is 1. The number of rotatable bonds is 3. The van der Waals surface area contributed by atoms with Crippen molar-refractivity contribution >= 4 is 15.7 Å². The molecule has 0 aliphatic carbocycles. The van der Waals surface area contributed by atoms with Crippen LogP contribution in [0.15, 0.2) is 11.0 Å². The molecule has 1 aromatic heterocycles. The zero-order valence-corrected chi connectivity index (χ0v) is 10.6. The van der Waals surface area contributed by atoms with Crippen LogP contribution in [0.3, 0.4) is 0 Å². The Morgan fingerprint density at radius 2 is 1.73 bits per heavy atom. The molecular formula is C7H3F6N3O5S. The van der Waals surface area contributed by atoms with Gasteiger partial charge >= 0.3 is 12.5 Å². The van der Waals surface area contributed by atoms with Crippen molar-refractivity contribution in [1.82, 2.24) is 4.98 Å². The van der Waals surface area contributed by atoms with E-state index >= 15 is 0 Å². The molecule has 0 bridgehead atoms. The van der Waals surface area contributed by atoms with E-state index in [0.29, 0.717) is 0 Å². The van der Waals surface area contributed by atoms with Crippen molar-refractivity contribution in [2.75, 3.05) is 0 Å². The summed E-state index contributed by atoms with van der Waals surface area (Å²) in [7, 11) is -5.24. The zero-order chi connectivity index (χ0) is 17.5. The smallest absolute Gasteiger partial charge is 0.386 e. The van der Waals surface area contributed by atoms with Crippen LogP contribution in [0.1, 0.15) is 5.69 Å². The van der Waals surface area contributed by atoms with E-state index in [2.05, 4.69) is 14.9 Å². The van der Waals surface area contributed by atoms with Gasteiger partial charge in [0.15, 0.2) is 5.69 Å². The summed E-state index contributed by atoms with van der Waals surface area (Å²) in [5.74, 6) is -2.20. The van der Waals surface area contributed by atoms with E-state index in [1.165, 1.54) is 0 Å². The highest BCUT2D eigenvalue weighted by molar-refractivity contribution is 7.89. The number of pyridine rings is 1. The van der Waals surface area contributed by atoms with Gasteiger partial charge < -0.3 is 4.74 Å². The van der Waals surface area contributed by atoms with Gasteiger partial charge in [0.25, 0.3) is 5.69 Å². The summed E-state index contributed by atoms with van der Waals surface area (Å²) in [4.78, 5) is 9.33. The molecule has 0 radical (unpaired) electrons. The number of aromatic nitrogens is 1. The lowest BCUT2D eigenvalue weighted by Gasteiger charge is -2.13. The molecule has 0 spiro atoms. The van der Waals surface area contributed by atoms with E-state index in [0.717, 1.165) is 0 Å². The first kappa shape index (κ1) is 17.9. The maximum Gasteiger partial charge on any atom is 0.574 e. The molecule has 15 heteroatoms. The van der Waals surface area contributed by atoms with Gasteiger partial charge in [-0.15, -0.1) is 13.2 Å². The van der Waals surface area contributed by atoms with Crippen LogP contribution >= 0.6 is 0 Å². The molecule has 22 heavy (non-hydrogen) atoms. The van der Waals surface area contributed by atoms with Crippen LogP contribution in [0.4, 0.5) is 32.0 Å². The molecule has 2 N–H and O–H groups in total. The second-order valence-corrected chi connectivity index (χ2v) is 5.01. The average Bonchev–Trinajstić information content (AvgIpc) is 2.22. The van der Waals surface area contributed by atoms with E-state index < -0.39 is 49.6 Å². The van der Waals surface area contributed by atoms with E-state index in [1.807, 2.05) is 0 Å². The highest BCUT2D eigenvalue weighted by Crippen LogP contribution is 2.39. The van der Waals surface area contributed by atoms with Crippen molar-refractivity contribution in [2.24, 2.45) is 5.14 Å². The third kappa shape index (κ3) is 4.17. The Balaban J connectivity index is 3.83. The molecule has 0 atom stereocenters. The molecule has 0 unspecified atom stereocenters. The summed E-state index contributed by atoms with van der Waals surface area (Å²) in [6.45, 7) is 0. The Morgan fingerprint density at radius 1 is 1.23 bits per heavy atom. The normalized spacial score (nSPS) is 13.0. The lowest BCUT2D eigenvalue weighted by Crippen LogP contribution is -2.24. The van der Waals surface area contributed by atoms with Gasteiger partial charge in [-0.2, -0.15) is 13.2 Å². The summed E-state index contributed by atoms with van der Waals surface area (Å²) in [6, 6.07) is -0.372. The van der Waals surface area contributed by atoms with Crippen molar-refractivity contribution < 1.29 is 44.4 Å². The molecule has 0 fully saturated rings. The van der Waals surface area contributed by atoms with Gasteiger partial charge in [-0.25, -0.2) is 18.5 Å². The summed E-state index contributed by atoms with van der Waals surface area (Å²) in [5, 5.41) is 15.1. The zero-order valence-electron chi connectivity index (χ0n) is 9.77. The predicted molar refractivity (Wildman–Crippen MR) is 53.9 cm³/mol. The summed E-state index contributed by atoms with van der Waals surface area (Å²) in [5.41, 5.74) is -4.02. The predicted octanol–water partition coefficient (Wildman–Crippen LogP) is 1.55. The summed E-state index contributed by atoms with van der Waals surface area (Å²) in [6.07, 6.45) is -11.1. The number of sulfonamides is 1. The fourth-order valence-electron chi connectivity index (χ4n) is 1.22. The molecule has 124 valence electrons. The number of halogens is 6. The Labute approximate surface area is 116 Å². The highest BCUT2D eigenvalue weighted by Gasteiger charge is 2.43. The van der Waals surface area contributed by atoms with E-state index in [-0.39, 0.29) is 6.07 Å². The van der Waals surface area contributed by atoms with Gasteiger partial charge in [0, 0.05) is 6.07 Å². The molecule has 8 nitrogen and oxygen atoms in total. The first-order valence-corrected chi connectivity index (χ1v) is 6.22. The molecule has 0 aliphatic rings. The van der Waals surface area contributed by atoms with E-state index in [1.54, 1.807) is 0 Å². The lowest BCUT2D eigenvalue weighted by atomic mass is 10.3. The molecule has 1 rings (SSSR count). The first-order chi connectivity index (χ1) is 9.63. The van der Waals surface area contributed by atoms with Gasteiger partial charge in [0.05, 0.1) is 4.92 Å². The molecule has 0 aliphatic heterocycles. The van der Waals surface area contributed by atoms with Crippen LogP contribution in [0.5, 0.6) is 5.88 Å². The molecule has 0 aromatic carbocycles. The number of ether oxygens (including phenoxy) is 1. The monoisotopic (exact) mass is 355 g/mol. The number of nitrogens with two attached hydrogens (primary N) is 1. The molecule has 1 heterocycles. The van der Waals surface area contributed by atoms with Crippen molar-refractivity contribution in [3.05, 3.63) is 21.9 Å². The fraction of sp³-hybridized carbons (Fsp3) is 0.286. The van der Waals surface area contributed by atoms with Crippen molar-refractivity contribution in [3.63, 3.8) is 0 Å². The first-order valence-electron chi connectivity index (χ1n) is 4.68. The van der Waals surface area contributed by atoms with E-state index in [9.17, 15) is 44.9 Å². The molecule has 0 saturated carbocycles. The van der Waals surface area contributed by atoms with Gasteiger partial charge in [-0.1, -0.05) is 0 Å². The SMILES string of the molecule is NS(=O)(=O)c1c([N+](=O)[O-])cc(C(F)(F)F)nc1OC(F)(F)F. The van der Waals surface area contributed by atoms with Crippen LogP contribution in [0, 0.1) is 10.1 Å². The van der Waals surface area contributed by atoms with Gasteiger partial charge in [0.1, 0.15) is 0 Å². The molecule has 0 saturated heterocycles. The number of primary sulfonamides is 1. The number of nitrogens with zero attached hydrogens (tertiary/aromatic N) is 2. The minimum Gasteiger partial charge on any atom is -0.386 e. The largest absolute Gasteiger partial charge is 0.574 e. The van der Waals surface area contributed by atoms with Crippen LogP contribution in [-0.2, 0) is 16.2 Å². The average molecular weight is 355 g/mol. The lowest BCUT2D eigenvalue weighted by molar-refractivity contribution is -0.388. The van der Waals surface area contributed by atoms with Crippen LogP contribution in [0.2, 0.25) is 0 Å². The van der Waals surface area contributed by atoms with Crippen molar-refractivity contribution in [3.8, 4) is 5.88 Å². The number of nitro groups is 1. The minimum absolute atomic E-state index is 0.372. The third-order valence-electron chi connectivity index (χ3n) is 1.91. The third-order valence-corrected chi connectivity index (χ3v) is 2.86. The van der Waals surface area contributed by atoms with Crippen LogP contribution < -0.4 is 9.88 Å². The Kier molecular flexibility index (Phi) is 4.26. The molecule has 0 amide bonds. The Morgan fingerprint density at radius 3 is 2.05 bits per heavy atom. The second-order valence-electron chi connectivity index (χ2n) is 3.51. The van der Waals surface area contributed by atoms with Crippen molar-refractivity contribution in [2.45, 2.75) is 17.4 Å². The Hall–Kier alpha value is -2.16. The maximum atomic E-state index is 12.5. The number of hydrogen-bond acceptors (Lipinski definition) is 6. The number of alkyl halides is 6. The fourth-order valence-corrected chi connectivity index (χ4v) is 1.98. The van der Waals surface area contributed by atoms with Crippen molar-refractivity contribution in [1.29, 1.82) is 0 Å². The van der Waals surface area contributed by atoms with Crippen LogP contribution in [0.25, 0.3) is 0 Å². The van der Waals surface area contributed by atoms with Gasteiger partial charge in [-0.05, 0) is 0 Å². The summed E-state index contributed by atoms with van der Waals surface area (Å²) >= 11 is 0. The van der Waals surface area contributed by atoms with Crippen LogP contribution in [-0.4, -0.2) is 24.7 Å². The van der Waals surface area contributed by atoms with E-state index in [4.69, 9.17) is 0 Å². The molecule has 1 aromatic rings. The topological polar surface area (TPSA) is 125 Å². The highest BCUT2D eigenvalue weighted by atomic mass is 32.2. The molecular weight excluding hydrogens is 352 g/mol. The summed E-state index contributed by atoms with van der Waals surface area (Å²) < 4.78 is 99.0. The Bertz CT molecular complexity index is 713. The van der Waals surface area contributed by atoms with Gasteiger partial charge in [-0.3, -0.25) is 10.1 Å². The maximum absolute atomic E-state index is 12.5. The standard InChI is InChI=1S/C7H3F6N3O5S/c8-6(9,10)3-1-2(16(17)18)4(22(14,19)20)5(15-3)21-7(11,12)13/h1H,(H2,14,19,20). The van der Waals surface area contributed by atoms with Gasteiger partial charge in [0.2, 0.25) is 20.8 Å².